The van der Waals surface area contributed by atoms with Gasteiger partial charge in [0.2, 0.25) is 0 Å². The molecule has 106 valence electrons. The second-order valence-electron chi connectivity index (χ2n) is 5.69. The molecule has 0 unspecified atom stereocenters. The van der Waals surface area contributed by atoms with Crippen molar-refractivity contribution >= 4 is 0 Å². The van der Waals surface area contributed by atoms with E-state index in [2.05, 4.69) is 6.92 Å². The first-order valence-corrected chi connectivity index (χ1v) is 7.29. The first-order chi connectivity index (χ1) is 9.11. The van der Waals surface area contributed by atoms with Crippen LogP contribution in [0.2, 0.25) is 0 Å². The monoisotopic (exact) mass is 268 g/mol. The minimum absolute atomic E-state index is 0.238. The number of unbranched alkanes of at least 4 members (excludes halogenated alkanes) is 1. The van der Waals surface area contributed by atoms with Gasteiger partial charge in [-0.15, -0.1) is 0 Å². The number of aromatic hydroxyl groups is 1. The van der Waals surface area contributed by atoms with Crippen molar-refractivity contribution in [2.24, 2.45) is 5.92 Å². The molecular weight excluding hydrogens is 246 g/mol. The van der Waals surface area contributed by atoms with Crippen molar-refractivity contribution in [2.75, 3.05) is 0 Å². The van der Waals surface area contributed by atoms with Crippen molar-refractivity contribution in [3.05, 3.63) is 29.3 Å². The van der Waals surface area contributed by atoms with Gasteiger partial charge in [-0.25, -0.2) is 8.78 Å². The van der Waals surface area contributed by atoms with Crippen molar-refractivity contribution in [3.63, 3.8) is 0 Å². The van der Waals surface area contributed by atoms with Crippen LogP contribution in [0.1, 0.15) is 63.4 Å². The van der Waals surface area contributed by atoms with E-state index in [4.69, 9.17) is 5.11 Å². The lowest BCUT2D eigenvalue weighted by Crippen LogP contribution is -2.13. The molecule has 0 bridgehead atoms. The number of benzene rings is 1. The van der Waals surface area contributed by atoms with Gasteiger partial charge in [0, 0.05) is 0 Å². The summed E-state index contributed by atoms with van der Waals surface area (Å²) in [4.78, 5) is 0. The van der Waals surface area contributed by atoms with Crippen LogP contribution in [0.3, 0.4) is 0 Å². The van der Waals surface area contributed by atoms with Crippen LogP contribution in [0.4, 0.5) is 8.78 Å². The average molecular weight is 268 g/mol. The maximum atomic E-state index is 13.3. The molecule has 0 radical (unpaired) electrons. The van der Waals surface area contributed by atoms with Gasteiger partial charge in [-0.3, -0.25) is 0 Å². The Bertz CT molecular complexity index is 400. The zero-order valence-corrected chi connectivity index (χ0v) is 11.5. The molecule has 1 aliphatic rings. The lowest BCUT2D eigenvalue weighted by Gasteiger charge is -2.29. The molecule has 0 spiro atoms. The predicted molar refractivity (Wildman–Crippen MR) is 72.2 cm³/mol. The zero-order chi connectivity index (χ0) is 13.8. The predicted octanol–water partition coefficient (Wildman–Crippen LogP) is 5.13. The van der Waals surface area contributed by atoms with E-state index in [1.807, 2.05) is 0 Å². The maximum Gasteiger partial charge on any atom is 0.187 e. The van der Waals surface area contributed by atoms with Crippen LogP contribution in [0.15, 0.2) is 12.1 Å². The van der Waals surface area contributed by atoms with Crippen LogP contribution in [0.25, 0.3) is 0 Å². The summed E-state index contributed by atoms with van der Waals surface area (Å²) in [6, 6.07) is 2.57. The summed E-state index contributed by atoms with van der Waals surface area (Å²) in [5.74, 6) is -1.53. The Balaban J connectivity index is 1.98. The Hall–Kier alpha value is -1.12. The fourth-order valence-corrected chi connectivity index (χ4v) is 3.10. The highest BCUT2D eigenvalue weighted by Crippen LogP contribution is 2.39. The molecule has 0 atom stereocenters. The van der Waals surface area contributed by atoms with Gasteiger partial charge in [-0.2, -0.15) is 0 Å². The molecule has 0 amide bonds. The van der Waals surface area contributed by atoms with Crippen LogP contribution in [0.5, 0.6) is 5.75 Å². The Morgan fingerprint density at radius 2 is 1.68 bits per heavy atom. The molecular formula is C16H22F2O. The molecule has 1 aromatic carbocycles. The first kappa shape index (κ1) is 14.3. The minimum atomic E-state index is -0.861. The fraction of sp³-hybridized carbons (Fsp3) is 0.625. The van der Waals surface area contributed by atoms with Gasteiger partial charge in [0.25, 0.3) is 0 Å². The molecule has 0 aromatic heterocycles. The van der Waals surface area contributed by atoms with Crippen LogP contribution in [-0.2, 0) is 0 Å². The van der Waals surface area contributed by atoms with Gasteiger partial charge >= 0.3 is 0 Å². The highest BCUT2D eigenvalue weighted by Gasteiger charge is 2.23. The van der Waals surface area contributed by atoms with Crippen molar-refractivity contribution in [1.82, 2.24) is 0 Å². The molecule has 0 heterocycles. The lowest BCUT2D eigenvalue weighted by molar-refractivity contribution is 0.303. The van der Waals surface area contributed by atoms with Crippen LogP contribution >= 0.6 is 0 Å². The molecule has 1 nitrogen and oxygen atoms in total. The molecule has 19 heavy (non-hydrogen) atoms. The molecule has 1 saturated carbocycles. The van der Waals surface area contributed by atoms with Crippen molar-refractivity contribution in [1.29, 1.82) is 0 Å². The third kappa shape index (κ3) is 3.46. The van der Waals surface area contributed by atoms with E-state index in [-0.39, 0.29) is 5.92 Å². The molecule has 0 aliphatic heterocycles. The van der Waals surface area contributed by atoms with E-state index in [9.17, 15) is 8.78 Å². The molecule has 1 aromatic rings. The van der Waals surface area contributed by atoms with Gasteiger partial charge < -0.3 is 5.11 Å². The molecule has 0 saturated heterocycles. The number of hydrogen-bond acceptors (Lipinski definition) is 1. The van der Waals surface area contributed by atoms with E-state index in [1.165, 1.54) is 31.4 Å². The quantitative estimate of drug-likeness (QED) is 0.802. The first-order valence-electron chi connectivity index (χ1n) is 7.29. The zero-order valence-electron chi connectivity index (χ0n) is 11.5. The van der Waals surface area contributed by atoms with Gasteiger partial charge in [0.05, 0.1) is 0 Å². The normalized spacial score (nSPS) is 23.5. The SMILES string of the molecule is CCCCC1CCC(c2cc(F)c(O)c(F)c2)CC1. The van der Waals surface area contributed by atoms with Crippen molar-refractivity contribution < 1.29 is 13.9 Å². The Kier molecular flexibility index (Phi) is 4.78. The van der Waals surface area contributed by atoms with Gasteiger partial charge in [-0.1, -0.05) is 26.2 Å². The maximum absolute atomic E-state index is 13.3. The second-order valence-corrected chi connectivity index (χ2v) is 5.69. The topological polar surface area (TPSA) is 20.2 Å². The molecule has 2 rings (SSSR count). The van der Waals surface area contributed by atoms with Crippen molar-refractivity contribution in [3.8, 4) is 5.75 Å². The third-order valence-electron chi connectivity index (χ3n) is 4.32. The smallest absolute Gasteiger partial charge is 0.187 e. The molecule has 1 fully saturated rings. The van der Waals surface area contributed by atoms with Gasteiger partial charge in [0.15, 0.2) is 17.4 Å². The Labute approximate surface area is 113 Å². The number of hydrogen-bond donors (Lipinski definition) is 1. The van der Waals surface area contributed by atoms with E-state index in [1.54, 1.807) is 0 Å². The van der Waals surface area contributed by atoms with E-state index >= 15 is 0 Å². The standard InChI is InChI=1S/C16H22F2O/c1-2-3-4-11-5-7-12(8-6-11)13-9-14(17)16(19)15(18)10-13/h9-12,19H,2-8H2,1H3. The lowest BCUT2D eigenvalue weighted by atomic mass is 9.77. The second kappa shape index (κ2) is 6.36. The Morgan fingerprint density at radius 3 is 2.21 bits per heavy atom. The van der Waals surface area contributed by atoms with Gasteiger partial charge in [-0.05, 0) is 55.2 Å². The summed E-state index contributed by atoms with van der Waals surface area (Å²) in [7, 11) is 0. The number of rotatable bonds is 4. The molecule has 3 heteroatoms. The summed E-state index contributed by atoms with van der Waals surface area (Å²) in [6.45, 7) is 2.20. The average Bonchev–Trinajstić information content (AvgIpc) is 2.42. The van der Waals surface area contributed by atoms with E-state index in [0.29, 0.717) is 5.56 Å². The fourth-order valence-electron chi connectivity index (χ4n) is 3.10. The summed E-state index contributed by atoms with van der Waals surface area (Å²) >= 11 is 0. The Morgan fingerprint density at radius 1 is 1.11 bits per heavy atom. The summed E-state index contributed by atoms with van der Waals surface area (Å²) in [5.41, 5.74) is 0.696. The van der Waals surface area contributed by atoms with E-state index < -0.39 is 17.4 Å². The highest BCUT2D eigenvalue weighted by molar-refractivity contribution is 5.32. The largest absolute Gasteiger partial charge is 0.503 e. The minimum Gasteiger partial charge on any atom is -0.503 e. The van der Waals surface area contributed by atoms with E-state index in [0.717, 1.165) is 31.6 Å². The third-order valence-corrected chi connectivity index (χ3v) is 4.32. The molecule has 1 aliphatic carbocycles. The molecule has 1 N–H and O–H groups in total. The number of halogens is 2. The number of phenols is 1. The summed E-state index contributed by atoms with van der Waals surface area (Å²) in [6.07, 6.45) is 8.08. The van der Waals surface area contributed by atoms with Crippen LogP contribution < -0.4 is 0 Å². The summed E-state index contributed by atoms with van der Waals surface area (Å²) < 4.78 is 26.7. The van der Waals surface area contributed by atoms with Gasteiger partial charge in [0.1, 0.15) is 0 Å². The van der Waals surface area contributed by atoms with Crippen LogP contribution in [-0.4, -0.2) is 5.11 Å². The van der Waals surface area contributed by atoms with Crippen LogP contribution in [0, 0.1) is 17.6 Å². The highest BCUT2D eigenvalue weighted by atomic mass is 19.1. The summed E-state index contributed by atoms with van der Waals surface area (Å²) in [5, 5.41) is 9.12. The number of phenolic OH excluding ortho intramolecular Hbond substituents is 1. The van der Waals surface area contributed by atoms with Crippen molar-refractivity contribution in [2.45, 2.75) is 57.8 Å².